The molecule has 11 heteroatoms. The summed E-state index contributed by atoms with van der Waals surface area (Å²) in [7, 11) is -0.807. The summed E-state index contributed by atoms with van der Waals surface area (Å²) >= 11 is 0. The number of imidazole rings is 1. The standard InChI is InChI=1S/C27H32FN3O6S/c1-35-13-11-31-23(16-29-27(31)38(33,34)19-20-6-3-9-24(14-20)36-2)17-30(18-25-10-5-12-37-25)26(32)21-7-4-8-22(28)15-21/h3-4,6-9,14-16,25H,5,10-13,17-19H2,1-2H3/t25-/m1/s1. The summed E-state index contributed by atoms with van der Waals surface area (Å²) in [4.78, 5) is 19.3. The van der Waals surface area contributed by atoms with Gasteiger partial charge in [-0.15, -0.1) is 0 Å². The summed E-state index contributed by atoms with van der Waals surface area (Å²) in [5.74, 6) is -0.596. The zero-order valence-corrected chi connectivity index (χ0v) is 22.3. The third-order valence-corrected chi connectivity index (χ3v) is 7.94. The summed E-state index contributed by atoms with van der Waals surface area (Å²) in [5, 5.41) is -0.109. The average molecular weight is 546 g/mol. The van der Waals surface area contributed by atoms with Crippen LogP contribution in [0.4, 0.5) is 4.39 Å². The van der Waals surface area contributed by atoms with Gasteiger partial charge in [0.15, 0.2) is 0 Å². The Morgan fingerprint density at radius 3 is 2.74 bits per heavy atom. The van der Waals surface area contributed by atoms with Gasteiger partial charge in [-0.05, 0) is 48.7 Å². The molecule has 1 saturated heterocycles. The number of carbonyl (C=O) groups is 1. The summed E-state index contributed by atoms with van der Waals surface area (Å²) in [6, 6.07) is 12.4. The van der Waals surface area contributed by atoms with E-state index in [9.17, 15) is 17.6 Å². The van der Waals surface area contributed by atoms with Gasteiger partial charge in [0.2, 0.25) is 15.0 Å². The highest BCUT2D eigenvalue weighted by Gasteiger charge is 2.28. The van der Waals surface area contributed by atoms with Crippen LogP contribution in [0.25, 0.3) is 0 Å². The number of hydrogen-bond donors (Lipinski definition) is 0. The number of rotatable bonds is 12. The number of nitrogens with zero attached hydrogens (tertiary/aromatic N) is 3. The van der Waals surface area contributed by atoms with E-state index in [0.717, 1.165) is 12.8 Å². The summed E-state index contributed by atoms with van der Waals surface area (Å²) in [6.07, 6.45) is 3.01. The maximum absolute atomic E-state index is 13.9. The van der Waals surface area contributed by atoms with E-state index in [1.165, 1.54) is 38.6 Å². The minimum absolute atomic E-state index is 0.0700. The third-order valence-electron chi connectivity index (χ3n) is 6.35. The molecule has 4 rings (SSSR count). The molecule has 1 atom stereocenters. The van der Waals surface area contributed by atoms with Crippen molar-refractivity contribution in [2.24, 2.45) is 0 Å². The minimum Gasteiger partial charge on any atom is -0.497 e. The fourth-order valence-electron chi connectivity index (χ4n) is 4.49. The van der Waals surface area contributed by atoms with Crippen LogP contribution in [0.1, 0.15) is 34.5 Å². The molecule has 1 amide bonds. The molecule has 0 bridgehead atoms. The molecule has 1 aliphatic heterocycles. The van der Waals surface area contributed by atoms with E-state index in [-0.39, 0.29) is 54.7 Å². The minimum atomic E-state index is -3.85. The summed E-state index contributed by atoms with van der Waals surface area (Å²) < 4.78 is 58.6. The van der Waals surface area contributed by atoms with Crippen LogP contribution in [0, 0.1) is 5.82 Å². The molecule has 0 N–H and O–H groups in total. The van der Waals surface area contributed by atoms with E-state index in [2.05, 4.69) is 4.98 Å². The lowest BCUT2D eigenvalue weighted by Crippen LogP contribution is -2.37. The van der Waals surface area contributed by atoms with Crippen molar-refractivity contribution in [2.75, 3.05) is 34.0 Å². The van der Waals surface area contributed by atoms with E-state index in [1.807, 2.05) is 0 Å². The van der Waals surface area contributed by atoms with Crippen LogP contribution in [0.3, 0.4) is 0 Å². The number of amides is 1. The van der Waals surface area contributed by atoms with Gasteiger partial charge in [-0.1, -0.05) is 18.2 Å². The number of hydrogen-bond acceptors (Lipinski definition) is 7. The van der Waals surface area contributed by atoms with Gasteiger partial charge < -0.3 is 23.7 Å². The Morgan fingerprint density at radius 2 is 2.03 bits per heavy atom. The number of carbonyl (C=O) groups excluding carboxylic acids is 1. The van der Waals surface area contributed by atoms with Gasteiger partial charge in [-0.3, -0.25) is 4.79 Å². The Kier molecular flexibility index (Phi) is 9.13. The molecule has 2 heterocycles. The molecule has 204 valence electrons. The fraction of sp³-hybridized carbons (Fsp3) is 0.407. The maximum Gasteiger partial charge on any atom is 0.254 e. The van der Waals surface area contributed by atoms with Gasteiger partial charge >= 0.3 is 0 Å². The summed E-state index contributed by atoms with van der Waals surface area (Å²) in [5.41, 5.74) is 1.29. The molecule has 1 aromatic heterocycles. The topological polar surface area (TPSA) is 100.0 Å². The predicted molar refractivity (Wildman–Crippen MR) is 138 cm³/mol. The van der Waals surface area contributed by atoms with Crippen molar-refractivity contribution < 1.29 is 31.8 Å². The van der Waals surface area contributed by atoms with Gasteiger partial charge in [0, 0.05) is 32.4 Å². The fourth-order valence-corrected chi connectivity index (χ4v) is 5.99. The lowest BCUT2D eigenvalue weighted by molar-refractivity contribution is 0.0500. The highest BCUT2D eigenvalue weighted by atomic mass is 32.2. The van der Waals surface area contributed by atoms with Gasteiger partial charge in [0.25, 0.3) is 5.91 Å². The largest absolute Gasteiger partial charge is 0.497 e. The molecule has 0 spiro atoms. The SMILES string of the molecule is COCCn1c(CN(C[C@H]2CCCO2)C(=O)c2cccc(F)c2)cnc1S(=O)(=O)Cc1cccc(OC)c1. The molecule has 9 nitrogen and oxygen atoms in total. The average Bonchev–Trinajstić information content (AvgIpc) is 3.57. The number of aromatic nitrogens is 2. The molecule has 0 unspecified atom stereocenters. The number of benzene rings is 2. The number of ether oxygens (including phenoxy) is 3. The first kappa shape index (κ1) is 27.7. The number of sulfone groups is 1. The Hall–Kier alpha value is -3.28. The van der Waals surface area contributed by atoms with Gasteiger partial charge in [0.1, 0.15) is 11.6 Å². The second-order valence-electron chi connectivity index (χ2n) is 9.12. The first-order valence-corrected chi connectivity index (χ1v) is 14.0. The Balaban J connectivity index is 1.65. The highest BCUT2D eigenvalue weighted by Crippen LogP contribution is 2.23. The highest BCUT2D eigenvalue weighted by molar-refractivity contribution is 7.90. The van der Waals surface area contributed by atoms with Crippen LogP contribution in [-0.2, 0) is 38.2 Å². The molecule has 1 fully saturated rings. The molecule has 38 heavy (non-hydrogen) atoms. The quantitative estimate of drug-likeness (QED) is 0.344. The predicted octanol–water partition coefficient (Wildman–Crippen LogP) is 3.47. The molecule has 0 aliphatic carbocycles. The zero-order valence-electron chi connectivity index (χ0n) is 21.5. The van der Waals surface area contributed by atoms with Gasteiger partial charge in [-0.2, -0.15) is 0 Å². The van der Waals surface area contributed by atoms with E-state index in [0.29, 0.717) is 23.6 Å². The van der Waals surface area contributed by atoms with Crippen molar-refractivity contribution in [3.8, 4) is 5.75 Å². The lowest BCUT2D eigenvalue weighted by atomic mass is 10.1. The van der Waals surface area contributed by atoms with E-state index < -0.39 is 15.7 Å². The van der Waals surface area contributed by atoms with Crippen LogP contribution in [0.5, 0.6) is 5.75 Å². The molecule has 3 aromatic rings. The molecule has 0 radical (unpaired) electrons. The maximum atomic E-state index is 13.9. The Morgan fingerprint density at radius 1 is 1.21 bits per heavy atom. The smallest absolute Gasteiger partial charge is 0.254 e. The van der Waals surface area contributed by atoms with Crippen molar-refractivity contribution in [1.82, 2.24) is 14.5 Å². The Labute approximate surface area is 222 Å². The summed E-state index contributed by atoms with van der Waals surface area (Å²) in [6.45, 7) is 1.44. The molecule has 1 aliphatic rings. The number of methoxy groups -OCH3 is 2. The van der Waals surface area contributed by atoms with Crippen molar-refractivity contribution in [3.05, 3.63) is 77.4 Å². The first-order chi connectivity index (χ1) is 18.3. The molecular weight excluding hydrogens is 513 g/mol. The van der Waals surface area contributed by atoms with Crippen LogP contribution in [-0.4, -0.2) is 68.9 Å². The molecule has 2 aromatic carbocycles. The van der Waals surface area contributed by atoms with Crippen LogP contribution in [0.2, 0.25) is 0 Å². The zero-order chi connectivity index (χ0) is 27.1. The molecular formula is C27H32FN3O6S. The van der Waals surface area contributed by atoms with E-state index in [1.54, 1.807) is 39.8 Å². The lowest BCUT2D eigenvalue weighted by Gasteiger charge is -2.26. The van der Waals surface area contributed by atoms with Crippen LogP contribution in [0.15, 0.2) is 59.9 Å². The number of halogens is 1. The second-order valence-corrected chi connectivity index (χ2v) is 11.0. The van der Waals surface area contributed by atoms with Gasteiger partial charge in [0.05, 0.1) is 44.0 Å². The van der Waals surface area contributed by atoms with Gasteiger partial charge in [-0.25, -0.2) is 17.8 Å². The van der Waals surface area contributed by atoms with E-state index in [4.69, 9.17) is 14.2 Å². The van der Waals surface area contributed by atoms with E-state index >= 15 is 0 Å². The normalized spacial score (nSPS) is 15.5. The Bertz CT molecular complexity index is 1350. The van der Waals surface area contributed by atoms with Crippen LogP contribution >= 0.6 is 0 Å². The van der Waals surface area contributed by atoms with Crippen molar-refractivity contribution >= 4 is 15.7 Å². The monoisotopic (exact) mass is 545 g/mol. The molecule has 0 saturated carbocycles. The van der Waals surface area contributed by atoms with Crippen molar-refractivity contribution in [1.29, 1.82) is 0 Å². The van der Waals surface area contributed by atoms with Crippen molar-refractivity contribution in [2.45, 2.75) is 42.9 Å². The van der Waals surface area contributed by atoms with Crippen molar-refractivity contribution in [3.63, 3.8) is 0 Å². The van der Waals surface area contributed by atoms with Crippen LogP contribution < -0.4 is 4.74 Å². The first-order valence-electron chi connectivity index (χ1n) is 12.4. The second kappa shape index (κ2) is 12.5. The third kappa shape index (κ3) is 6.77.